The minimum Gasteiger partial charge on any atom is -0.497 e. The topological polar surface area (TPSA) is 89.4 Å². The predicted octanol–water partition coefficient (Wildman–Crippen LogP) is 3.84. The van der Waals surface area contributed by atoms with Crippen molar-refractivity contribution in [2.45, 2.75) is 18.9 Å². The number of halogens is 2. The van der Waals surface area contributed by atoms with Crippen LogP contribution in [0.4, 0.5) is 0 Å². The normalized spacial score (nSPS) is 26.8. The van der Waals surface area contributed by atoms with Crippen molar-refractivity contribution in [2.24, 2.45) is 11.8 Å². The molecule has 4 rings (SSSR count). The van der Waals surface area contributed by atoms with Gasteiger partial charge in [-0.1, -0.05) is 53.5 Å². The SMILES string of the molecule is CC1C(OCC2CNCCOC2c2ccc(Cl)c(Cl)c2)=CC=CC1c1noc(=O)[nH]1. The van der Waals surface area contributed by atoms with Gasteiger partial charge in [0.15, 0.2) is 5.82 Å². The van der Waals surface area contributed by atoms with Crippen molar-refractivity contribution in [3.05, 3.63) is 74.2 Å². The van der Waals surface area contributed by atoms with Crippen LogP contribution in [0.25, 0.3) is 0 Å². The number of H-pyrrole nitrogens is 1. The second-order valence-electron chi connectivity index (χ2n) is 7.49. The smallest absolute Gasteiger partial charge is 0.438 e. The van der Waals surface area contributed by atoms with Gasteiger partial charge in [-0.15, -0.1) is 0 Å². The van der Waals surface area contributed by atoms with Crippen LogP contribution in [0.2, 0.25) is 10.0 Å². The molecule has 160 valence electrons. The van der Waals surface area contributed by atoms with E-state index in [2.05, 4.69) is 20.0 Å². The molecule has 0 saturated carbocycles. The third-order valence-electron chi connectivity index (χ3n) is 5.49. The Hall–Kier alpha value is -2.06. The van der Waals surface area contributed by atoms with Crippen LogP contribution >= 0.6 is 23.2 Å². The van der Waals surface area contributed by atoms with E-state index in [0.29, 0.717) is 29.1 Å². The highest BCUT2D eigenvalue weighted by atomic mass is 35.5. The van der Waals surface area contributed by atoms with Gasteiger partial charge in [-0.25, -0.2) is 4.79 Å². The van der Waals surface area contributed by atoms with E-state index in [1.165, 1.54) is 0 Å². The van der Waals surface area contributed by atoms with Crippen molar-refractivity contribution < 1.29 is 14.0 Å². The molecule has 4 atom stereocenters. The second kappa shape index (κ2) is 9.39. The average molecular weight is 452 g/mol. The number of allylic oxidation sites excluding steroid dienone is 4. The minimum atomic E-state index is -0.561. The molecule has 1 aromatic heterocycles. The van der Waals surface area contributed by atoms with E-state index in [1.807, 2.05) is 37.3 Å². The summed E-state index contributed by atoms with van der Waals surface area (Å²) in [7, 11) is 0. The van der Waals surface area contributed by atoms with Gasteiger partial charge < -0.3 is 14.8 Å². The summed E-state index contributed by atoms with van der Waals surface area (Å²) in [6.45, 7) is 4.63. The molecule has 2 aromatic rings. The third-order valence-corrected chi connectivity index (χ3v) is 6.23. The maximum atomic E-state index is 11.3. The first-order valence-corrected chi connectivity index (χ1v) is 10.6. The molecule has 0 amide bonds. The van der Waals surface area contributed by atoms with E-state index in [9.17, 15) is 4.79 Å². The monoisotopic (exact) mass is 451 g/mol. The molecule has 0 bridgehead atoms. The Morgan fingerprint density at radius 1 is 1.30 bits per heavy atom. The van der Waals surface area contributed by atoms with Crippen LogP contribution in [0.3, 0.4) is 0 Å². The fourth-order valence-corrected chi connectivity index (χ4v) is 4.16. The number of benzene rings is 1. The summed E-state index contributed by atoms with van der Waals surface area (Å²) in [5, 5.41) is 8.25. The van der Waals surface area contributed by atoms with Gasteiger partial charge in [-0.05, 0) is 23.8 Å². The van der Waals surface area contributed by atoms with Crippen LogP contribution in [0.5, 0.6) is 0 Å². The fourth-order valence-electron chi connectivity index (χ4n) is 3.85. The van der Waals surface area contributed by atoms with Gasteiger partial charge in [-0.2, -0.15) is 0 Å². The van der Waals surface area contributed by atoms with E-state index < -0.39 is 5.76 Å². The predicted molar refractivity (Wildman–Crippen MR) is 114 cm³/mol. The largest absolute Gasteiger partial charge is 0.497 e. The molecule has 7 nitrogen and oxygen atoms in total. The number of ether oxygens (including phenoxy) is 2. The molecule has 2 heterocycles. The zero-order valence-corrected chi connectivity index (χ0v) is 17.9. The highest BCUT2D eigenvalue weighted by Gasteiger charge is 2.31. The van der Waals surface area contributed by atoms with Gasteiger partial charge in [0.2, 0.25) is 0 Å². The van der Waals surface area contributed by atoms with Crippen LogP contribution in [0, 0.1) is 11.8 Å². The lowest BCUT2D eigenvalue weighted by molar-refractivity contribution is 0.00159. The van der Waals surface area contributed by atoms with E-state index in [1.54, 1.807) is 6.07 Å². The Morgan fingerprint density at radius 3 is 2.93 bits per heavy atom. The van der Waals surface area contributed by atoms with Crippen LogP contribution in [0.1, 0.15) is 30.3 Å². The lowest BCUT2D eigenvalue weighted by Gasteiger charge is -2.29. The lowest BCUT2D eigenvalue weighted by Crippen LogP contribution is -2.29. The number of rotatable bonds is 5. The highest BCUT2D eigenvalue weighted by Crippen LogP contribution is 2.35. The van der Waals surface area contributed by atoms with Crippen molar-refractivity contribution in [1.82, 2.24) is 15.5 Å². The second-order valence-corrected chi connectivity index (χ2v) is 8.30. The molecule has 2 aliphatic rings. The summed E-state index contributed by atoms with van der Waals surface area (Å²) >= 11 is 12.3. The Morgan fingerprint density at radius 2 is 2.17 bits per heavy atom. The first-order valence-electron chi connectivity index (χ1n) is 9.87. The van der Waals surface area contributed by atoms with Gasteiger partial charge >= 0.3 is 5.76 Å². The molecule has 1 fully saturated rings. The Kier molecular flexibility index (Phi) is 6.63. The summed E-state index contributed by atoms with van der Waals surface area (Å²) < 4.78 is 17.0. The quantitative estimate of drug-likeness (QED) is 0.717. The number of hydrogen-bond donors (Lipinski definition) is 2. The van der Waals surface area contributed by atoms with Gasteiger partial charge in [0.25, 0.3) is 0 Å². The van der Waals surface area contributed by atoms with Crippen LogP contribution < -0.4 is 11.1 Å². The van der Waals surface area contributed by atoms with Crippen LogP contribution in [0.15, 0.2) is 51.5 Å². The van der Waals surface area contributed by atoms with Gasteiger partial charge in [-0.3, -0.25) is 9.51 Å². The Bertz CT molecular complexity index is 1000. The Labute approximate surface area is 184 Å². The standard InChI is InChI=1S/C21H23Cl2N3O4/c1-12-15(20-25-21(27)30-26-20)3-2-4-18(12)29-11-14-10-24-7-8-28-19(14)13-5-6-16(22)17(23)9-13/h2-6,9,12,14-15,19,24H,7-8,10-11H2,1H3,(H,25,26,27). The zero-order chi connectivity index (χ0) is 21.1. The molecule has 30 heavy (non-hydrogen) atoms. The molecule has 1 saturated heterocycles. The molecule has 0 spiro atoms. The van der Waals surface area contributed by atoms with Gasteiger partial charge in [0, 0.05) is 30.8 Å². The highest BCUT2D eigenvalue weighted by molar-refractivity contribution is 6.42. The molecule has 1 aliphatic heterocycles. The molecule has 1 aliphatic carbocycles. The lowest BCUT2D eigenvalue weighted by atomic mass is 9.87. The van der Waals surface area contributed by atoms with E-state index in [-0.39, 0.29) is 23.9 Å². The molecule has 0 radical (unpaired) electrons. The number of aromatic amines is 1. The molecule has 4 unspecified atom stereocenters. The average Bonchev–Trinajstić information content (AvgIpc) is 3.03. The maximum Gasteiger partial charge on any atom is 0.438 e. The minimum absolute atomic E-state index is 0.00108. The number of nitrogens with one attached hydrogen (secondary N) is 2. The van der Waals surface area contributed by atoms with Crippen molar-refractivity contribution in [3.8, 4) is 0 Å². The summed E-state index contributed by atoms with van der Waals surface area (Å²) in [6, 6.07) is 5.59. The summed E-state index contributed by atoms with van der Waals surface area (Å²) in [4.78, 5) is 13.9. The zero-order valence-electron chi connectivity index (χ0n) is 16.4. The van der Waals surface area contributed by atoms with Crippen molar-refractivity contribution in [3.63, 3.8) is 0 Å². The molecule has 9 heteroatoms. The molecule has 2 N–H and O–H groups in total. The molecular weight excluding hydrogens is 429 g/mol. The summed E-state index contributed by atoms with van der Waals surface area (Å²) in [6.07, 6.45) is 5.66. The summed E-state index contributed by atoms with van der Waals surface area (Å²) in [5.74, 6) is 0.710. The van der Waals surface area contributed by atoms with E-state index in [0.717, 1.165) is 24.4 Å². The fraction of sp³-hybridized carbons (Fsp3) is 0.429. The van der Waals surface area contributed by atoms with Crippen molar-refractivity contribution in [1.29, 1.82) is 0 Å². The van der Waals surface area contributed by atoms with Crippen LogP contribution in [-0.4, -0.2) is 36.4 Å². The van der Waals surface area contributed by atoms with E-state index >= 15 is 0 Å². The summed E-state index contributed by atoms with van der Waals surface area (Å²) in [5.41, 5.74) is 0.977. The van der Waals surface area contributed by atoms with Gasteiger partial charge in [0.1, 0.15) is 0 Å². The van der Waals surface area contributed by atoms with Crippen molar-refractivity contribution >= 4 is 23.2 Å². The van der Waals surface area contributed by atoms with Gasteiger partial charge in [0.05, 0.1) is 35.1 Å². The number of nitrogens with zero attached hydrogens (tertiary/aromatic N) is 1. The third kappa shape index (κ3) is 4.64. The van der Waals surface area contributed by atoms with Crippen LogP contribution in [-0.2, 0) is 9.47 Å². The molecule has 1 aromatic carbocycles. The first kappa shape index (κ1) is 21.2. The number of hydrogen-bond acceptors (Lipinski definition) is 6. The molecular formula is C21H23Cl2N3O4. The Balaban J connectivity index is 1.47. The first-order chi connectivity index (χ1) is 14.5. The maximum absolute atomic E-state index is 11.3. The van der Waals surface area contributed by atoms with Crippen molar-refractivity contribution in [2.75, 3.05) is 26.3 Å². The van der Waals surface area contributed by atoms with E-state index in [4.69, 9.17) is 32.7 Å². The number of aromatic nitrogens is 2.